The van der Waals surface area contributed by atoms with E-state index in [1.165, 1.54) is 33.1 Å². The number of aromatic nitrogens is 1. The Hall–Kier alpha value is -1.93. The molecule has 0 radical (unpaired) electrons. The van der Waals surface area contributed by atoms with Crippen molar-refractivity contribution in [2.24, 2.45) is 0 Å². The fourth-order valence-electron chi connectivity index (χ4n) is 3.67. The molecule has 1 aliphatic heterocycles. The first kappa shape index (κ1) is 14.6. The molecule has 1 aromatic heterocycles. The van der Waals surface area contributed by atoms with Crippen LogP contribution in [0.25, 0.3) is 17.8 Å². The van der Waals surface area contributed by atoms with Crippen LogP contribution in [0.5, 0.6) is 0 Å². The molecule has 1 aromatic carbocycles. The van der Waals surface area contributed by atoms with Gasteiger partial charge in [0.25, 0.3) is 0 Å². The van der Waals surface area contributed by atoms with E-state index < -0.39 is 0 Å². The maximum absolute atomic E-state index is 5.94. The van der Waals surface area contributed by atoms with Crippen LogP contribution >= 0.6 is 11.6 Å². The first-order chi connectivity index (χ1) is 11.4. The van der Waals surface area contributed by atoms with Crippen LogP contribution in [0.2, 0.25) is 0 Å². The van der Waals surface area contributed by atoms with Gasteiger partial charge in [0.2, 0.25) is 0 Å². The van der Waals surface area contributed by atoms with Crippen molar-refractivity contribution < 1.29 is 0 Å². The fraction of sp³-hybridized carbons (Fsp3) is 0.300. The Morgan fingerprint density at radius 2 is 2.04 bits per heavy atom. The fourth-order valence-corrected chi connectivity index (χ4v) is 3.79. The topological polar surface area (TPSA) is 19.0 Å². The van der Waals surface area contributed by atoms with Gasteiger partial charge in [0.15, 0.2) is 0 Å². The molecule has 23 heavy (non-hydrogen) atoms. The number of hydrogen-bond donors (Lipinski definition) is 1. The second-order valence-electron chi connectivity index (χ2n) is 6.14. The number of allylic oxidation sites excluding steroid dienone is 1. The highest BCUT2D eigenvalue weighted by atomic mass is 35.5. The number of halogens is 1. The van der Waals surface area contributed by atoms with Crippen molar-refractivity contribution in [3.63, 3.8) is 0 Å². The molecule has 0 saturated heterocycles. The zero-order chi connectivity index (χ0) is 15.6. The Morgan fingerprint density at radius 3 is 2.87 bits per heavy atom. The zero-order valence-corrected chi connectivity index (χ0v) is 13.9. The highest BCUT2D eigenvalue weighted by Crippen LogP contribution is 2.22. The lowest BCUT2D eigenvalue weighted by Gasteiger charge is -2.31. The van der Waals surface area contributed by atoms with Crippen LogP contribution in [0.15, 0.2) is 36.4 Å². The van der Waals surface area contributed by atoms with Crippen molar-refractivity contribution in [1.29, 1.82) is 0 Å². The quantitative estimate of drug-likeness (QED) is 0.857. The lowest BCUT2D eigenvalue weighted by molar-refractivity contribution is 0.389. The molecule has 0 saturated carbocycles. The summed E-state index contributed by atoms with van der Waals surface area (Å²) >= 11 is 5.94. The van der Waals surface area contributed by atoms with Crippen LogP contribution in [0, 0.1) is 0 Å². The number of nitrogens with one attached hydrogen (secondary N) is 1. The second-order valence-corrected chi connectivity index (χ2v) is 6.52. The summed E-state index contributed by atoms with van der Waals surface area (Å²) in [5.74, 6) is 0.711. The average Bonchev–Trinajstić information content (AvgIpc) is 2.98. The van der Waals surface area contributed by atoms with Crippen molar-refractivity contribution >= 4 is 29.5 Å². The Morgan fingerprint density at radius 1 is 1.17 bits per heavy atom. The summed E-state index contributed by atoms with van der Waals surface area (Å²) in [6.45, 7) is 2.07. The first-order valence-electron chi connectivity index (χ1n) is 8.36. The number of benzene rings is 1. The SMILES string of the molecule is ClCCCN1CCc2c3c([nH]c2=C1c1ccccc1)=CCC=C3. The smallest absolute Gasteiger partial charge is 0.0682 e. The Labute approximate surface area is 141 Å². The van der Waals surface area contributed by atoms with Crippen molar-refractivity contribution in [2.45, 2.75) is 19.3 Å². The van der Waals surface area contributed by atoms with Crippen LogP contribution in [0.4, 0.5) is 0 Å². The number of hydrogen-bond acceptors (Lipinski definition) is 1. The number of aromatic amines is 1. The highest BCUT2D eigenvalue weighted by molar-refractivity contribution is 6.17. The maximum Gasteiger partial charge on any atom is 0.0682 e. The maximum atomic E-state index is 5.94. The Kier molecular flexibility index (Phi) is 4.00. The van der Waals surface area contributed by atoms with Crippen LogP contribution in [-0.2, 0) is 6.42 Å². The molecule has 118 valence electrons. The predicted molar refractivity (Wildman–Crippen MR) is 97.7 cm³/mol. The molecule has 0 unspecified atom stereocenters. The third kappa shape index (κ3) is 2.61. The lowest BCUT2D eigenvalue weighted by Crippen LogP contribution is -2.37. The molecule has 0 amide bonds. The van der Waals surface area contributed by atoms with E-state index in [0.29, 0.717) is 5.88 Å². The molecule has 3 heteroatoms. The second kappa shape index (κ2) is 6.29. The summed E-state index contributed by atoms with van der Waals surface area (Å²) < 4.78 is 0. The normalized spacial score (nSPS) is 16.0. The van der Waals surface area contributed by atoms with Gasteiger partial charge >= 0.3 is 0 Å². The van der Waals surface area contributed by atoms with Crippen LogP contribution in [-0.4, -0.2) is 28.9 Å². The monoisotopic (exact) mass is 324 g/mol. The van der Waals surface area contributed by atoms with E-state index in [1.807, 2.05) is 0 Å². The van der Waals surface area contributed by atoms with Gasteiger partial charge in [-0.25, -0.2) is 0 Å². The molecular formula is C20H21ClN2. The molecule has 0 bridgehead atoms. The minimum absolute atomic E-state index is 0.711. The largest absolute Gasteiger partial charge is 0.369 e. The van der Waals surface area contributed by atoms with Crippen molar-refractivity contribution in [3.05, 3.63) is 63.8 Å². The van der Waals surface area contributed by atoms with Gasteiger partial charge in [-0.2, -0.15) is 0 Å². The molecule has 2 nitrogen and oxygen atoms in total. The standard InChI is InChI=1S/C20H21ClN2/c21-12-6-13-23-14-11-17-16-9-4-5-10-18(16)22-19(17)20(23)15-7-2-1-3-8-15/h1-4,7-10,22H,5-6,11-14H2. The van der Waals surface area contributed by atoms with Gasteiger partial charge in [-0.05, 0) is 30.4 Å². The van der Waals surface area contributed by atoms with E-state index in [0.717, 1.165) is 32.4 Å². The molecule has 0 fully saturated rings. The molecule has 2 aromatic rings. The number of nitrogens with zero attached hydrogens (tertiary/aromatic N) is 1. The summed E-state index contributed by atoms with van der Waals surface area (Å²) in [6, 6.07) is 10.7. The number of alkyl halides is 1. The van der Waals surface area contributed by atoms with E-state index in [4.69, 9.17) is 11.6 Å². The van der Waals surface area contributed by atoms with Gasteiger partial charge in [-0.3, -0.25) is 0 Å². The molecule has 1 aliphatic carbocycles. The number of rotatable bonds is 4. The van der Waals surface area contributed by atoms with E-state index in [2.05, 4.69) is 58.4 Å². The van der Waals surface area contributed by atoms with Gasteiger partial charge in [0.05, 0.1) is 11.0 Å². The third-order valence-corrected chi connectivity index (χ3v) is 4.98. The summed E-state index contributed by atoms with van der Waals surface area (Å²) in [4.78, 5) is 6.18. The predicted octanol–water partition coefficient (Wildman–Crippen LogP) is 2.86. The Balaban J connectivity index is 1.95. The lowest BCUT2D eigenvalue weighted by atomic mass is 9.98. The van der Waals surface area contributed by atoms with Gasteiger partial charge in [0, 0.05) is 29.9 Å². The van der Waals surface area contributed by atoms with E-state index in [1.54, 1.807) is 0 Å². The van der Waals surface area contributed by atoms with Gasteiger partial charge in [0.1, 0.15) is 0 Å². The van der Waals surface area contributed by atoms with Crippen LogP contribution in [0.3, 0.4) is 0 Å². The molecule has 0 atom stereocenters. The zero-order valence-electron chi connectivity index (χ0n) is 13.2. The van der Waals surface area contributed by atoms with Crippen molar-refractivity contribution in [3.8, 4) is 0 Å². The van der Waals surface area contributed by atoms with Crippen LogP contribution < -0.4 is 10.7 Å². The molecule has 2 aliphatic rings. The van der Waals surface area contributed by atoms with E-state index in [-0.39, 0.29) is 0 Å². The van der Waals surface area contributed by atoms with E-state index >= 15 is 0 Å². The number of H-pyrrole nitrogens is 1. The van der Waals surface area contributed by atoms with Crippen molar-refractivity contribution in [1.82, 2.24) is 9.88 Å². The molecule has 1 N–H and O–H groups in total. The van der Waals surface area contributed by atoms with Gasteiger partial charge in [-0.15, -0.1) is 11.6 Å². The van der Waals surface area contributed by atoms with Crippen molar-refractivity contribution in [2.75, 3.05) is 19.0 Å². The first-order valence-corrected chi connectivity index (χ1v) is 8.90. The third-order valence-electron chi connectivity index (χ3n) is 4.71. The molecular weight excluding hydrogens is 304 g/mol. The summed E-state index contributed by atoms with van der Waals surface area (Å²) in [5, 5.41) is 2.58. The average molecular weight is 325 g/mol. The number of fused-ring (bicyclic) bond motifs is 3. The minimum Gasteiger partial charge on any atom is -0.369 e. The van der Waals surface area contributed by atoms with Gasteiger partial charge < -0.3 is 9.88 Å². The minimum atomic E-state index is 0.711. The highest BCUT2D eigenvalue weighted by Gasteiger charge is 2.22. The van der Waals surface area contributed by atoms with Crippen LogP contribution in [0.1, 0.15) is 29.5 Å². The van der Waals surface area contributed by atoms with Gasteiger partial charge in [-0.1, -0.05) is 48.6 Å². The summed E-state index contributed by atoms with van der Waals surface area (Å²) in [6.07, 6.45) is 9.94. The molecule has 0 spiro atoms. The molecule has 2 heterocycles. The summed E-state index contributed by atoms with van der Waals surface area (Å²) in [5.41, 5.74) is 5.46. The Bertz CT molecular complexity index is 846. The summed E-state index contributed by atoms with van der Waals surface area (Å²) in [7, 11) is 0. The molecule has 4 rings (SSSR count). The van der Waals surface area contributed by atoms with E-state index in [9.17, 15) is 0 Å².